The first-order valence-electron chi connectivity index (χ1n) is 12.8. The molecule has 4 aliphatic rings. The predicted molar refractivity (Wildman–Crippen MR) is 126 cm³/mol. The minimum absolute atomic E-state index is 0.0438. The molecule has 3 saturated carbocycles. The van der Waals surface area contributed by atoms with Crippen LogP contribution in [0.3, 0.4) is 0 Å². The van der Waals surface area contributed by atoms with Gasteiger partial charge in [0.2, 0.25) is 0 Å². The van der Waals surface area contributed by atoms with Crippen LogP contribution < -0.4 is 5.73 Å². The second-order valence-corrected chi connectivity index (χ2v) is 11.6. The molecule has 4 aliphatic carbocycles. The summed E-state index contributed by atoms with van der Waals surface area (Å²) in [4.78, 5) is 0. The SMILES string of the molecule is CC12CCC/C(=C\C=C3C[C@@H](O)C[C@H](O)C3)[C@]1(N)CC=C2C1(C/C=C\C(O)(C(F)(F)F)C(F)(F)F)CC1. The minimum atomic E-state index is -5.88. The van der Waals surface area contributed by atoms with Crippen molar-refractivity contribution in [2.75, 3.05) is 0 Å². The van der Waals surface area contributed by atoms with Gasteiger partial charge in [0, 0.05) is 11.0 Å². The maximum Gasteiger partial charge on any atom is 0.429 e. The van der Waals surface area contributed by atoms with Crippen molar-refractivity contribution < 1.29 is 41.7 Å². The Morgan fingerprint density at radius 2 is 1.59 bits per heavy atom. The van der Waals surface area contributed by atoms with Crippen molar-refractivity contribution in [2.24, 2.45) is 16.6 Å². The van der Waals surface area contributed by atoms with Gasteiger partial charge < -0.3 is 21.1 Å². The van der Waals surface area contributed by atoms with Crippen LogP contribution in [0.4, 0.5) is 26.3 Å². The van der Waals surface area contributed by atoms with Crippen LogP contribution in [0.15, 0.2) is 47.1 Å². The Morgan fingerprint density at radius 3 is 2.14 bits per heavy atom. The molecular formula is C27H35F6NO3. The molecule has 0 radical (unpaired) electrons. The summed E-state index contributed by atoms with van der Waals surface area (Å²) in [5.41, 5.74) is 3.28. The number of halogens is 6. The van der Waals surface area contributed by atoms with Gasteiger partial charge in [0.15, 0.2) is 0 Å². The van der Waals surface area contributed by atoms with Crippen molar-refractivity contribution in [1.82, 2.24) is 0 Å². The zero-order valence-electron chi connectivity index (χ0n) is 20.8. The molecule has 0 heterocycles. The van der Waals surface area contributed by atoms with Crippen molar-refractivity contribution in [2.45, 2.75) is 107 Å². The summed E-state index contributed by atoms with van der Waals surface area (Å²) in [6.45, 7) is 2.03. The summed E-state index contributed by atoms with van der Waals surface area (Å²) < 4.78 is 78.4. The van der Waals surface area contributed by atoms with Crippen LogP contribution in [0.1, 0.15) is 71.1 Å². The zero-order valence-corrected chi connectivity index (χ0v) is 20.8. The van der Waals surface area contributed by atoms with Gasteiger partial charge >= 0.3 is 12.4 Å². The number of hydrogen-bond donors (Lipinski definition) is 4. The Hall–Kier alpha value is -1.62. The summed E-state index contributed by atoms with van der Waals surface area (Å²) in [7, 11) is 0. The summed E-state index contributed by atoms with van der Waals surface area (Å²) >= 11 is 0. The molecular weight excluding hydrogens is 500 g/mol. The molecule has 10 heteroatoms. The lowest BCUT2D eigenvalue weighted by Gasteiger charge is -2.50. The second-order valence-electron chi connectivity index (χ2n) is 11.6. The zero-order chi connectivity index (χ0) is 27.5. The quantitative estimate of drug-likeness (QED) is 0.275. The average Bonchev–Trinajstić information content (AvgIpc) is 3.47. The van der Waals surface area contributed by atoms with Gasteiger partial charge in [0.05, 0.1) is 12.2 Å². The summed E-state index contributed by atoms with van der Waals surface area (Å²) in [6.07, 6.45) is -0.994. The van der Waals surface area contributed by atoms with E-state index < -0.39 is 46.5 Å². The molecule has 4 rings (SSSR count). The minimum Gasteiger partial charge on any atom is -0.393 e. The fourth-order valence-electron chi connectivity index (χ4n) is 6.75. The molecule has 0 spiro atoms. The van der Waals surface area contributed by atoms with Gasteiger partial charge in [-0.1, -0.05) is 42.4 Å². The fraction of sp³-hybridized carbons (Fsp3) is 0.704. The molecule has 0 bridgehead atoms. The lowest BCUT2D eigenvalue weighted by molar-refractivity contribution is -0.347. The first kappa shape index (κ1) is 28.4. The van der Waals surface area contributed by atoms with Crippen molar-refractivity contribution >= 4 is 0 Å². The van der Waals surface area contributed by atoms with Gasteiger partial charge in [-0.15, -0.1) is 0 Å². The molecule has 0 aromatic carbocycles. The van der Waals surface area contributed by atoms with E-state index in [1.807, 2.05) is 25.2 Å². The molecule has 4 nitrogen and oxygen atoms in total. The highest BCUT2D eigenvalue weighted by molar-refractivity contribution is 5.47. The number of aliphatic hydroxyl groups is 3. The Bertz CT molecular complexity index is 996. The molecule has 5 N–H and O–H groups in total. The Kier molecular flexibility index (Phi) is 7.09. The van der Waals surface area contributed by atoms with Gasteiger partial charge in [-0.05, 0) is 81.3 Å². The molecule has 0 amide bonds. The topological polar surface area (TPSA) is 86.7 Å². The normalized spacial score (nSPS) is 35.6. The van der Waals surface area contributed by atoms with E-state index in [0.717, 1.165) is 42.1 Å². The van der Waals surface area contributed by atoms with E-state index in [-0.39, 0.29) is 12.5 Å². The van der Waals surface area contributed by atoms with Crippen LogP contribution in [0.5, 0.6) is 0 Å². The highest BCUT2D eigenvalue weighted by Crippen LogP contribution is 2.68. The smallest absolute Gasteiger partial charge is 0.393 e. The van der Waals surface area contributed by atoms with Crippen LogP contribution in [-0.2, 0) is 0 Å². The maximum atomic E-state index is 13.1. The van der Waals surface area contributed by atoms with Gasteiger partial charge in [0.25, 0.3) is 5.60 Å². The fourth-order valence-corrected chi connectivity index (χ4v) is 6.75. The second kappa shape index (κ2) is 9.24. The Balaban J connectivity index is 1.56. The third-order valence-corrected chi connectivity index (χ3v) is 9.12. The van der Waals surface area contributed by atoms with E-state index in [2.05, 4.69) is 0 Å². The molecule has 3 fully saturated rings. The summed E-state index contributed by atoms with van der Waals surface area (Å²) in [5, 5.41) is 29.4. The third-order valence-electron chi connectivity index (χ3n) is 9.12. The number of hydrogen-bond acceptors (Lipinski definition) is 4. The van der Waals surface area contributed by atoms with Crippen molar-refractivity contribution in [3.63, 3.8) is 0 Å². The predicted octanol–water partition coefficient (Wildman–Crippen LogP) is 5.54. The number of rotatable bonds is 5. The molecule has 0 aromatic heterocycles. The highest BCUT2D eigenvalue weighted by atomic mass is 19.4. The van der Waals surface area contributed by atoms with Gasteiger partial charge in [-0.2, -0.15) is 26.3 Å². The van der Waals surface area contributed by atoms with Gasteiger partial charge in [-0.25, -0.2) is 0 Å². The molecule has 1 unspecified atom stereocenters. The van der Waals surface area contributed by atoms with Crippen molar-refractivity contribution in [1.29, 1.82) is 0 Å². The Labute approximate surface area is 212 Å². The number of nitrogens with two attached hydrogens (primary N) is 1. The standard InChI is InChI=1S/C27H35F6NO3/c1-22-8-2-4-18(6-5-17-14-19(35)16-20(36)15-17)24(22,34)11-7-21(22)23(12-13-23)9-3-10-25(37,26(28,29)30)27(31,32)33/h3,5-7,10,19-20,35-37H,2,4,8-9,11-16,34H2,1H3/b10-3-,18-6+/t19-,20-,22?,24-/m1/s1. The molecule has 208 valence electrons. The average molecular weight is 536 g/mol. The van der Waals surface area contributed by atoms with E-state index in [0.29, 0.717) is 38.5 Å². The molecule has 4 atom stereocenters. The van der Waals surface area contributed by atoms with E-state index in [4.69, 9.17) is 5.73 Å². The van der Waals surface area contributed by atoms with Crippen molar-refractivity contribution in [3.05, 3.63) is 47.1 Å². The third kappa shape index (κ3) is 4.83. The molecule has 0 aromatic rings. The first-order chi connectivity index (χ1) is 17.0. The number of allylic oxidation sites excluding steroid dienone is 3. The lowest BCUT2D eigenvalue weighted by atomic mass is 9.57. The van der Waals surface area contributed by atoms with Gasteiger partial charge in [-0.3, -0.25) is 0 Å². The van der Waals surface area contributed by atoms with Crippen LogP contribution in [0.25, 0.3) is 0 Å². The van der Waals surface area contributed by atoms with Crippen molar-refractivity contribution in [3.8, 4) is 0 Å². The Morgan fingerprint density at radius 1 is 1.00 bits per heavy atom. The van der Waals surface area contributed by atoms with E-state index in [9.17, 15) is 41.7 Å². The lowest BCUT2D eigenvalue weighted by Crippen LogP contribution is -2.56. The van der Waals surface area contributed by atoms with Crippen LogP contribution in [-0.4, -0.2) is 51.0 Å². The molecule has 0 aliphatic heterocycles. The maximum absolute atomic E-state index is 13.1. The van der Waals surface area contributed by atoms with Crippen LogP contribution in [0.2, 0.25) is 0 Å². The first-order valence-corrected chi connectivity index (χ1v) is 12.8. The van der Waals surface area contributed by atoms with Crippen LogP contribution in [0, 0.1) is 10.8 Å². The van der Waals surface area contributed by atoms with E-state index >= 15 is 0 Å². The van der Waals surface area contributed by atoms with E-state index in [1.165, 1.54) is 0 Å². The monoisotopic (exact) mass is 535 g/mol. The van der Waals surface area contributed by atoms with Crippen LogP contribution >= 0.6 is 0 Å². The highest BCUT2D eigenvalue weighted by Gasteiger charge is 2.69. The van der Waals surface area contributed by atoms with E-state index in [1.54, 1.807) is 0 Å². The number of aliphatic hydroxyl groups excluding tert-OH is 2. The molecule has 0 saturated heterocycles. The summed E-state index contributed by atoms with van der Waals surface area (Å²) in [5.74, 6) is 0. The number of alkyl halides is 6. The van der Waals surface area contributed by atoms with Gasteiger partial charge in [0.1, 0.15) is 0 Å². The largest absolute Gasteiger partial charge is 0.429 e. The number of fused-ring (bicyclic) bond motifs is 1. The summed E-state index contributed by atoms with van der Waals surface area (Å²) in [6, 6.07) is 0. The molecule has 37 heavy (non-hydrogen) atoms.